The Kier molecular flexibility index (Phi) is 15.3. The number of carbonyl (C=O) groups excluding carboxylic acids is 1. The van der Waals surface area contributed by atoms with Crippen molar-refractivity contribution in [1.82, 2.24) is 0 Å². The molecule has 0 bridgehead atoms. The summed E-state index contributed by atoms with van der Waals surface area (Å²) in [5, 5.41) is 0. The summed E-state index contributed by atoms with van der Waals surface area (Å²) in [4.78, 5) is 11.5. The Hall–Kier alpha value is -0.610. The van der Waals surface area contributed by atoms with E-state index in [0.717, 1.165) is 19.3 Å². The highest BCUT2D eigenvalue weighted by molar-refractivity contribution is 5.75. The molecule has 0 aromatic heterocycles. The first kappa shape index (κ1) is 20.4. The Morgan fingerprint density at radius 2 is 1.43 bits per heavy atom. The smallest absolute Gasteiger partial charge is 0.322 e. The molecular formula is C17H36N2O2. The third-order valence-corrected chi connectivity index (χ3v) is 3.76. The van der Waals surface area contributed by atoms with Crippen LogP contribution >= 0.6 is 0 Å². The number of nitrogens with two attached hydrogens (primary N) is 2. The minimum Gasteiger partial charge on any atom is -0.465 e. The minimum atomic E-state index is -0.503. The van der Waals surface area contributed by atoms with Crippen LogP contribution in [0.25, 0.3) is 0 Å². The van der Waals surface area contributed by atoms with Crippen molar-refractivity contribution in [3.63, 3.8) is 0 Å². The molecule has 4 nitrogen and oxygen atoms in total. The highest BCUT2D eigenvalue weighted by Crippen LogP contribution is 2.10. The number of ether oxygens (including phenoxy) is 1. The molecule has 0 radical (unpaired) electrons. The molecule has 1 atom stereocenters. The van der Waals surface area contributed by atoms with Gasteiger partial charge in [-0.25, -0.2) is 0 Å². The van der Waals surface area contributed by atoms with E-state index in [1.165, 1.54) is 51.4 Å². The summed E-state index contributed by atoms with van der Waals surface area (Å²) >= 11 is 0. The Morgan fingerprint density at radius 3 is 1.95 bits per heavy atom. The van der Waals surface area contributed by atoms with E-state index in [1.54, 1.807) is 0 Å². The maximum absolute atomic E-state index is 11.5. The molecular weight excluding hydrogens is 264 g/mol. The van der Waals surface area contributed by atoms with Gasteiger partial charge < -0.3 is 16.2 Å². The third kappa shape index (κ3) is 14.1. The van der Waals surface area contributed by atoms with Crippen molar-refractivity contribution < 1.29 is 9.53 Å². The van der Waals surface area contributed by atoms with Crippen LogP contribution in [-0.4, -0.2) is 25.2 Å². The van der Waals surface area contributed by atoms with E-state index in [1.807, 2.05) is 0 Å². The van der Waals surface area contributed by atoms with E-state index in [2.05, 4.69) is 6.92 Å². The standard InChI is InChI=1S/C17H36N2O2/c1-2-3-4-5-6-7-8-9-10-11-15-21-17(20)16(19)13-12-14-18/h16H,2-15,18-19H2,1H3/t16-/m0/s1. The van der Waals surface area contributed by atoms with Gasteiger partial charge in [-0.1, -0.05) is 64.7 Å². The lowest BCUT2D eigenvalue weighted by Crippen LogP contribution is -2.33. The molecule has 0 aromatic rings. The maximum Gasteiger partial charge on any atom is 0.322 e. The fraction of sp³-hybridized carbons (Fsp3) is 0.941. The molecule has 0 heterocycles. The molecule has 0 fully saturated rings. The first-order valence-electron chi connectivity index (χ1n) is 8.84. The van der Waals surface area contributed by atoms with Gasteiger partial charge in [0.15, 0.2) is 0 Å². The van der Waals surface area contributed by atoms with Gasteiger partial charge in [0.05, 0.1) is 6.61 Å². The fourth-order valence-corrected chi connectivity index (χ4v) is 2.32. The summed E-state index contributed by atoms with van der Waals surface area (Å²) in [5.74, 6) is -0.278. The van der Waals surface area contributed by atoms with Gasteiger partial charge in [0.1, 0.15) is 6.04 Å². The zero-order chi connectivity index (χ0) is 15.8. The molecule has 0 spiro atoms. The van der Waals surface area contributed by atoms with Crippen molar-refractivity contribution in [3.05, 3.63) is 0 Å². The first-order chi connectivity index (χ1) is 10.2. The summed E-state index contributed by atoms with van der Waals surface area (Å²) in [6.45, 7) is 3.32. The van der Waals surface area contributed by atoms with Gasteiger partial charge in [-0.05, 0) is 25.8 Å². The van der Waals surface area contributed by atoms with Crippen LogP contribution in [0.1, 0.15) is 84.0 Å². The van der Waals surface area contributed by atoms with Gasteiger partial charge >= 0.3 is 5.97 Å². The predicted molar refractivity (Wildman–Crippen MR) is 89.1 cm³/mol. The number of esters is 1. The van der Waals surface area contributed by atoms with Crippen LogP contribution < -0.4 is 11.5 Å². The van der Waals surface area contributed by atoms with Gasteiger partial charge in [-0.15, -0.1) is 0 Å². The summed E-state index contributed by atoms with van der Waals surface area (Å²) in [6, 6.07) is -0.503. The Labute approximate surface area is 131 Å². The lowest BCUT2D eigenvalue weighted by molar-refractivity contribution is -0.145. The SMILES string of the molecule is CCCCCCCCCCCCOC(=O)[C@@H](N)CCCN. The van der Waals surface area contributed by atoms with Crippen molar-refractivity contribution >= 4 is 5.97 Å². The van der Waals surface area contributed by atoms with Crippen molar-refractivity contribution in [2.75, 3.05) is 13.2 Å². The summed E-state index contributed by atoms with van der Waals surface area (Å²) in [6.07, 6.45) is 14.2. The third-order valence-electron chi connectivity index (χ3n) is 3.76. The Balaban J connectivity index is 3.23. The normalized spacial score (nSPS) is 12.3. The van der Waals surface area contributed by atoms with Crippen LogP contribution in [-0.2, 0) is 9.53 Å². The van der Waals surface area contributed by atoms with Gasteiger partial charge in [-0.2, -0.15) is 0 Å². The van der Waals surface area contributed by atoms with Crippen LogP contribution in [0.4, 0.5) is 0 Å². The molecule has 0 rings (SSSR count). The molecule has 0 aliphatic carbocycles. The van der Waals surface area contributed by atoms with E-state index in [9.17, 15) is 4.79 Å². The van der Waals surface area contributed by atoms with Crippen LogP contribution in [0.5, 0.6) is 0 Å². The fourth-order valence-electron chi connectivity index (χ4n) is 2.32. The zero-order valence-electron chi connectivity index (χ0n) is 13.9. The molecule has 0 saturated carbocycles. The molecule has 4 N–H and O–H groups in total. The summed E-state index contributed by atoms with van der Waals surface area (Å²) in [5.41, 5.74) is 11.1. The lowest BCUT2D eigenvalue weighted by atomic mass is 10.1. The second-order valence-electron chi connectivity index (χ2n) is 5.89. The van der Waals surface area contributed by atoms with E-state index >= 15 is 0 Å². The number of rotatable bonds is 15. The molecule has 0 aliphatic heterocycles. The highest BCUT2D eigenvalue weighted by atomic mass is 16.5. The zero-order valence-corrected chi connectivity index (χ0v) is 13.9. The van der Waals surface area contributed by atoms with Crippen molar-refractivity contribution in [2.45, 2.75) is 90.0 Å². The topological polar surface area (TPSA) is 78.3 Å². The highest BCUT2D eigenvalue weighted by Gasteiger charge is 2.13. The lowest BCUT2D eigenvalue weighted by Gasteiger charge is -2.10. The second-order valence-corrected chi connectivity index (χ2v) is 5.89. The van der Waals surface area contributed by atoms with E-state index in [-0.39, 0.29) is 5.97 Å². The Bertz CT molecular complexity index is 235. The molecule has 126 valence electrons. The van der Waals surface area contributed by atoms with E-state index < -0.39 is 6.04 Å². The van der Waals surface area contributed by atoms with Gasteiger partial charge in [0.25, 0.3) is 0 Å². The van der Waals surface area contributed by atoms with Gasteiger partial charge in [0, 0.05) is 0 Å². The summed E-state index contributed by atoms with van der Waals surface area (Å²) < 4.78 is 5.17. The van der Waals surface area contributed by atoms with Crippen LogP contribution in [0.15, 0.2) is 0 Å². The Morgan fingerprint density at radius 1 is 0.905 bits per heavy atom. The predicted octanol–water partition coefficient (Wildman–Crippen LogP) is 3.52. The van der Waals surface area contributed by atoms with Crippen molar-refractivity contribution in [3.8, 4) is 0 Å². The molecule has 0 aliphatic rings. The minimum absolute atomic E-state index is 0.278. The van der Waals surface area contributed by atoms with Crippen LogP contribution in [0.3, 0.4) is 0 Å². The molecule has 0 amide bonds. The largest absolute Gasteiger partial charge is 0.465 e. The number of hydrogen-bond acceptors (Lipinski definition) is 4. The molecule has 0 aromatic carbocycles. The van der Waals surface area contributed by atoms with Crippen LogP contribution in [0, 0.1) is 0 Å². The number of carbonyl (C=O) groups is 1. The second kappa shape index (κ2) is 15.8. The monoisotopic (exact) mass is 300 g/mol. The number of unbranched alkanes of at least 4 members (excludes halogenated alkanes) is 9. The van der Waals surface area contributed by atoms with Crippen LogP contribution in [0.2, 0.25) is 0 Å². The quantitative estimate of drug-likeness (QED) is 0.358. The van der Waals surface area contributed by atoms with Gasteiger partial charge in [0.2, 0.25) is 0 Å². The average Bonchev–Trinajstić information content (AvgIpc) is 2.49. The van der Waals surface area contributed by atoms with E-state index in [0.29, 0.717) is 19.6 Å². The number of hydrogen-bond donors (Lipinski definition) is 2. The van der Waals surface area contributed by atoms with Crippen molar-refractivity contribution in [2.24, 2.45) is 11.5 Å². The van der Waals surface area contributed by atoms with Gasteiger partial charge in [-0.3, -0.25) is 4.79 Å². The molecule has 0 unspecified atom stereocenters. The average molecular weight is 300 g/mol. The first-order valence-corrected chi connectivity index (χ1v) is 8.84. The maximum atomic E-state index is 11.5. The summed E-state index contributed by atoms with van der Waals surface area (Å²) in [7, 11) is 0. The molecule has 21 heavy (non-hydrogen) atoms. The molecule has 4 heteroatoms. The molecule has 0 saturated heterocycles. The van der Waals surface area contributed by atoms with Crippen molar-refractivity contribution in [1.29, 1.82) is 0 Å². The van der Waals surface area contributed by atoms with E-state index in [4.69, 9.17) is 16.2 Å².